The molecule has 9 heavy (non-hydrogen) atoms. The van der Waals surface area contributed by atoms with Gasteiger partial charge in [0.1, 0.15) is 0 Å². The molecule has 0 unspecified atom stereocenters. The van der Waals surface area contributed by atoms with Crippen molar-refractivity contribution in [1.29, 1.82) is 0 Å². The van der Waals surface area contributed by atoms with Gasteiger partial charge in [-0.1, -0.05) is 16.8 Å². The van der Waals surface area contributed by atoms with Crippen LogP contribution in [0.5, 0.6) is 0 Å². The summed E-state index contributed by atoms with van der Waals surface area (Å²) in [4.78, 5) is 0. The molecule has 45 valence electrons. The topological polar surface area (TPSA) is 26.0 Å². The summed E-state index contributed by atoms with van der Waals surface area (Å²) < 4.78 is 0. The standard InChI is InChI=1S/C7H8NSi/c1-5-2-3-6(8)4-7(5)9/h2-4H,8H2,1H3. The molecule has 0 aromatic heterocycles. The van der Waals surface area contributed by atoms with E-state index in [1.54, 1.807) is 0 Å². The predicted octanol–water partition coefficient (Wildman–Crippen LogP) is 0.371. The van der Waals surface area contributed by atoms with Gasteiger partial charge in [-0.3, -0.25) is 0 Å². The van der Waals surface area contributed by atoms with Gasteiger partial charge in [0.05, 0.1) is 10.2 Å². The second kappa shape index (κ2) is 2.23. The third-order valence-electron chi connectivity index (χ3n) is 1.26. The van der Waals surface area contributed by atoms with Gasteiger partial charge in [0.15, 0.2) is 0 Å². The van der Waals surface area contributed by atoms with E-state index in [0.717, 1.165) is 10.9 Å². The van der Waals surface area contributed by atoms with E-state index in [4.69, 9.17) is 5.73 Å². The quantitative estimate of drug-likeness (QED) is 0.402. The van der Waals surface area contributed by atoms with Crippen molar-refractivity contribution in [3.05, 3.63) is 23.8 Å². The Balaban J connectivity index is 3.17. The Labute approximate surface area is 58.3 Å². The number of nitrogens with two attached hydrogens (primary N) is 1. The maximum atomic E-state index is 5.50. The number of rotatable bonds is 0. The first kappa shape index (κ1) is 6.36. The lowest BCUT2D eigenvalue weighted by atomic mass is 10.2. The first-order valence-corrected chi connectivity index (χ1v) is 3.28. The van der Waals surface area contributed by atoms with E-state index in [1.165, 1.54) is 5.56 Å². The lowest BCUT2D eigenvalue weighted by molar-refractivity contribution is 1.52. The average molecular weight is 134 g/mol. The summed E-state index contributed by atoms with van der Waals surface area (Å²) in [6, 6.07) is 5.77. The molecule has 0 saturated heterocycles. The molecule has 0 amide bonds. The minimum absolute atomic E-state index is 0.797. The first-order chi connectivity index (χ1) is 4.20. The van der Waals surface area contributed by atoms with Gasteiger partial charge in [-0.05, 0) is 19.1 Å². The molecule has 3 radical (unpaired) electrons. The minimum atomic E-state index is 0.797. The van der Waals surface area contributed by atoms with E-state index < -0.39 is 0 Å². The summed E-state index contributed by atoms with van der Waals surface area (Å²) in [6.07, 6.45) is 0. The van der Waals surface area contributed by atoms with Gasteiger partial charge in [-0.25, -0.2) is 0 Å². The van der Waals surface area contributed by atoms with E-state index in [2.05, 4.69) is 10.2 Å². The Kier molecular flexibility index (Phi) is 1.58. The fourth-order valence-electron chi connectivity index (χ4n) is 0.640. The van der Waals surface area contributed by atoms with Gasteiger partial charge in [0.25, 0.3) is 0 Å². The van der Waals surface area contributed by atoms with Crippen molar-refractivity contribution in [2.75, 3.05) is 5.73 Å². The zero-order valence-electron chi connectivity index (χ0n) is 5.31. The molecule has 1 aromatic rings. The zero-order chi connectivity index (χ0) is 6.85. The highest BCUT2D eigenvalue weighted by molar-refractivity contribution is 6.33. The Morgan fingerprint density at radius 2 is 2.11 bits per heavy atom. The third kappa shape index (κ3) is 1.33. The number of benzene rings is 1. The zero-order valence-corrected chi connectivity index (χ0v) is 6.31. The van der Waals surface area contributed by atoms with Crippen LogP contribution in [0.25, 0.3) is 0 Å². The number of hydrogen-bond acceptors (Lipinski definition) is 1. The van der Waals surface area contributed by atoms with Crippen molar-refractivity contribution in [2.24, 2.45) is 0 Å². The molecule has 0 atom stereocenters. The molecule has 0 aliphatic carbocycles. The minimum Gasteiger partial charge on any atom is -0.399 e. The molecule has 0 fully saturated rings. The summed E-state index contributed by atoms with van der Waals surface area (Å²) in [5.74, 6) is 0. The molecule has 0 heterocycles. The van der Waals surface area contributed by atoms with Crippen LogP contribution < -0.4 is 10.9 Å². The molecule has 2 N–H and O–H groups in total. The first-order valence-electron chi connectivity index (χ1n) is 2.78. The molecule has 0 aliphatic rings. The smallest absolute Gasteiger partial charge is 0.0716 e. The molecule has 0 saturated carbocycles. The van der Waals surface area contributed by atoms with E-state index in [0.29, 0.717) is 0 Å². The van der Waals surface area contributed by atoms with Crippen molar-refractivity contribution >= 4 is 21.1 Å². The molecular formula is C7H8NSi. The molecular weight excluding hydrogens is 126 g/mol. The van der Waals surface area contributed by atoms with E-state index in [9.17, 15) is 0 Å². The summed E-state index contributed by atoms with van der Waals surface area (Å²) >= 11 is 0. The van der Waals surface area contributed by atoms with Gasteiger partial charge in [-0.15, -0.1) is 0 Å². The lowest BCUT2D eigenvalue weighted by Crippen LogP contribution is -2.07. The highest BCUT2D eigenvalue weighted by Crippen LogP contribution is 1.99. The van der Waals surface area contributed by atoms with Crippen LogP contribution >= 0.6 is 0 Å². The maximum Gasteiger partial charge on any atom is 0.0716 e. The Morgan fingerprint density at radius 3 is 2.56 bits per heavy atom. The molecule has 1 aromatic carbocycles. The van der Waals surface area contributed by atoms with Gasteiger partial charge < -0.3 is 5.73 Å². The summed E-state index contributed by atoms with van der Waals surface area (Å²) in [7, 11) is 3.41. The van der Waals surface area contributed by atoms with Crippen LogP contribution in [0.3, 0.4) is 0 Å². The Morgan fingerprint density at radius 1 is 1.44 bits per heavy atom. The number of aryl methyl sites for hydroxylation is 1. The van der Waals surface area contributed by atoms with Gasteiger partial charge >= 0.3 is 0 Å². The Bertz CT molecular complexity index is 220. The van der Waals surface area contributed by atoms with Crippen LogP contribution in [0.2, 0.25) is 0 Å². The number of anilines is 1. The van der Waals surface area contributed by atoms with Gasteiger partial charge in [-0.2, -0.15) is 0 Å². The SMILES string of the molecule is Cc1ccc(N)cc1[Si]. The van der Waals surface area contributed by atoms with Crippen molar-refractivity contribution in [3.63, 3.8) is 0 Å². The highest BCUT2D eigenvalue weighted by Gasteiger charge is 1.89. The van der Waals surface area contributed by atoms with Crippen LogP contribution in [0, 0.1) is 6.92 Å². The van der Waals surface area contributed by atoms with Gasteiger partial charge in [0.2, 0.25) is 0 Å². The van der Waals surface area contributed by atoms with Crippen LogP contribution in [-0.2, 0) is 0 Å². The average Bonchev–Trinajstić information content (AvgIpc) is 1.80. The fourth-order valence-corrected chi connectivity index (χ4v) is 0.890. The normalized spacial score (nSPS) is 9.56. The molecule has 0 spiro atoms. The molecule has 0 bridgehead atoms. The lowest BCUT2D eigenvalue weighted by Gasteiger charge is -1.98. The number of nitrogen functional groups attached to an aromatic ring is 1. The van der Waals surface area contributed by atoms with Gasteiger partial charge in [0, 0.05) is 5.69 Å². The fraction of sp³-hybridized carbons (Fsp3) is 0.143. The largest absolute Gasteiger partial charge is 0.399 e. The maximum absolute atomic E-state index is 5.50. The van der Waals surface area contributed by atoms with E-state index >= 15 is 0 Å². The van der Waals surface area contributed by atoms with Crippen molar-refractivity contribution in [1.82, 2.24) is 0 Å². The molecule has 0 aliphatic heterocycles. The van der Waals surface area contributed by atoms with E-state index in [1.807, 2.05) is 25.1 Å². The summed E-state index contributed by atoms with van der Waals surface area (Å²) in [5.41, 5.74) is 7.50. The van der Waals surface area contributed by atoms with Crippen LogP contribution in [0.4, 0.5) is 5.69 Å². The van der Waals surface area contributed by atoms with Crippen LogP contribution in [-0.4, -0.2) is 10.2 Å². The summed E-state index contributed by atoms with van der Waals surface area (Å²) in [5, 5.41) is 1.06. The highest BCUT2D eigenvalue weighted by atomic mass is 28.1. The molecule has 1 rings (SSSR count). The second-order valence-corrected chi connectivity index (χ2v) is 2.61. The third-order valence-corrected chi connectivity index (χ3v) is 1.80. The summed E-state index contributed by atoms with van der Waals surface area (Å²) in [6.45, 7) is 2.03. The van der Waals surface area contributed by atoms with Crippen LogP contribution in [0.1, 0.15) is 5.56 Å². The predicted molar refractivity (Wildman–Crippen MR) is 41.0 cm³/mol. The molecule has 1 nitrogen and oxygen atoms in total. The van der Waals surface area contributed by atoms with Crippen molar-refractivity contribution < 1.29 is 0 Å². The van der Waals surface area contributed by atoms with E-state index in [-0.39, 0.29) is 0 Å². The Hall–Kier alpha value is -0.763. The molecule has 2 heteroatoms. The van der Waals surface area contributed by atoms with Crippen LogP contribution in [0.15, 0.2) is 18.2 Å². The second-order valence-electron chi connectivity index (χ2n) is 2.07. The number of hydrogen-bond donors (Lipinski definition) is 1. The monoisotopic (exact) mass is 134 g/mol. The van der Waals surface area contributed by atoms with Crippen molar-refractivity contribution in [3.8, 4) is 0 Å². The van der Waals surface area contributed by atoms with Crippen molar-refractivity contribution in [2.45, 2.75) is 6.92 Å².